The van der Waals surface area contributed by atoms with Crippen LogP contribution in [0.1, 0.15) is 30.5 Å². The molecule has 6 heteroatoms. The molecule has 134 valence electrons. The Bertz CT molecular complexity index is 897. The van der Waals surface area contributed by atoms with Crippen LogP contribution in [0.15, 0.2) is 48.8 Å². The van der Waals surface area contributed by atoms with E-state index in [1.54, 1.807) is 42.4 Å². The maximum atomic E-state index is 9.01. The topological polar surface area (TPSA) is 73.0 Å². The summed E-state index contributed by atoms with van der Waals surface area (Å²) in [6.07, 6.45) is 3.20. The molecule has 0 fully saturated rings. The molecule has 0 aliphatic heterocycles. The van der Waals surface area contributed by atoms with Gasteiger partial charge in [0.2, 0.25) is 5.88 Å². The van der Waals surface area contributed by atoms with Crippen molar-refractivity contribution in [3.63, 3.8) is 0 Å². The first-order valence-corrected chi connectivity index (χ1v) is 8.38. The summed E-state index contributed by atoms with van der Waals surface area (Å²) >= 11 is 0. The molecule has 1 aromatic carbocycles. The quantitative estimate of drug-likeness (QED) is 0.694. The molecule has 0 saturated carbocycles. The molecule has 0 aliphatic carbocycles. The Labute approximate surface area is 153 Å². The molecule has 0 spiro atoms. The summed E-state index contributed by atoms with van der Waals surface area (Å²) in [7, 11) is 1.64. The third-order valence-electron chi connectivity index (χ3n) is 3.52. The largest absolute Gasteiger partial charge is 0.496 e. The second kappa shape index (κ2) is 9.23. The van der Waals surface area contributed by atoms with Gasteiger partial charge in [-0.3, -0.25) is 0 Å². The summed E-state index contributed by atoms with van der Waals surface area (Å²) in [6.45, 7) is 6.35. The van der Waals surface area contributed by atoms with E-state index in [1.165, 1.54) is 0 Å². The Morgan fingerprint density at radius 1 is 1.12 bits per heavy atom. The van der Waals surface area contributed by atoms with Crippen molar-refractivity contribution in [3.8, 4) is 23.5 Å². The minimum atomic E-state index is 0.340. The van der Waals surface area contributed by atoms with E-state index in [1.807, 2.05) is 39.0 Å². The Morgan fingerprint density at radius 2 is 1.92 bits per heavy atom. The average Bonchev–Trinajstić information content (AvgIpc) is 3.17. The number of aromatic nitrogens is 3. The highest BCUT2D eigenvalue weighted by Gasteiger charge is 2.10. The van der Waals surface area contributed by atoms with Gasteiger partial charge in [0.1, 0.15) is 12.4 Å². The minimum Gasteiger partial charge on any atom is -0.496 e. The molecule has 26 heavy (non-hydrogen) atoms. The molecule has 3 aromatic rings. The van der Waals surface area contributed by atoms with Gasteiger partial charge in [0.05, 0.1) is 24.9 Å². The van der Waals surface area contributed by atoms with Gasteiger partial charge >= 0.3 is 0 Å². The Kier molecular flexibility index (Phi) is 6.75. The highest BCUT2D eigenvalue weighted by atomic mass is 16.5. The number of hydrogen-bond acceptors (Lipinski definition) is 5. The number of nitriles is 1. The van der Waals surface area contributed by atoms with Gasteiger partial charge in [-0.05, 0) is 24.6 Å². The lowest BCUT2D eigenvalue weighted by molar-refractivity contribution is 0.277. The van der Waals surface area contributed by atoms with Crippen LogP contribution in [0.5, 0.6) is 11.6 Å². The van der Waals surface area contributed by atoms with Gasteiger partial charge in [-0.25, -0.2) is 4.98 Å². The van der Waals surface area contributed by atoms with Crippen LogP contribution in [-0.2, 0) is 6.61 Å². The number of pyridine rings is 1. The molecule has 2 heterocycles. The van der Waals surface area contributed by atoms with Crippen LogP contribution in [-0.4, -0.2) is 21.9 Å². The lowest BCUT2D eigenvalue weighted by Gasteiger charge is -2.12. The zero-order valence-corrected chi connectivity index (χ0v) is 15.4. The molecule has 0 aliphatic rings. The van der Waals surface area contributed by atoms with Crippen molar-refractivity contribution in [2.24, 2.45) is 0 Å². The van der Waals surface area contributed by atoms with E-state index in [9.17, 15) is 0 Å². The Hall–Kier alpha value is -3.33. The van der Waals surface area contributed by atoms with Crippen molar-refractivity contribution in [1.82, 2.24) is 14.8 Å². The first kappa shape index (κ1) is 19.0. The van der Waals surface area contributed by atoms with E-state index in [0.29, 0.717) is 23.9 Å². The van der Waals surface area contributed by atoms with Crippen molar-refractivity contribution in [2.75, 3.05) is 7.11 Å². The SMILES string of the molecule is CC.COc1cc(C)ccc1COc1ccnn1-c1cc(C#N)ccn1. The monoisotopic (exact) mass is 350 g/mol. The van der Waals surface area contributed by atoms with Crippen LogP contribution in [0, 0.1) is 18.3 Å². The summed E-state index contributed by atoms with van der Waals surface area (Å²) in [4.78, 5) is 4.24. The Balaban J connectivity index is 0.00000117. The standard InChI is InChI=1S/C18H16N4O2.C2H6/c1-13-3-4-15(16(9-13)23-2)12-24-18-6-8-21-22(18)17-10-14(11-19)5-7-20-17;1-2/h3-10H,12H2,1-2H3;1-2H3. The third kappa shape index (κ3) is 4.39. The van der Waals surface area contributed by atoms with Crippen LogP contribution < -0.4 is 9.47 Å². The molecule has 0 amide bonds. The summed E-state index contributed by atoms with van der Waals surface area (Å²) in [5, 5.41) is 13.2. The molecule has 0 atom stereocenters. The first-order valence-electron chi connectivity index (χ1n) is 8.38. The van der Waals surface area contributed by atoms with E-state index in [0.717, 1.165) is 16.9 Å². The number of nitrogens with zero attached hydrogens (tertiary/aromatic N) is 4. The van der Waals surface area contributed by atoms with Crippen molar-refractivity contribution in [3.05, 3.63) is 65.5 Å². The zero-order valence-electron chi connectivity index (χ0n) is 15.4. The predicted molar refractivity (Wildman–Crippen MR) is 99.5 cm³/mol. The number of rotatable bonds is 5. The number of methoxy groups -OCH3 is 1. The van der Waals surface area contributed by atoms with Crippen LogP contribution in [0.2, 0.25) is 0 Å². The van der Waals surface area contributed by atoms with Crippen molar-refractivity contribution >= 4 is 0 Å². The second-order valence-corrected chi connectivity index (χ2v) is 5.20. The molecular formula is C20H22N4O2. The summed E-state index contributed by atoms with van der Waals surface area (Å²) < 4.78 is 12.8. The maximum absolute atomic E-state index is 9.01. The fourth-order valence-corrected chi connectivity index (χ4v) is 2.30. The number of aryl methyl sites for hydroxylation is 1. The van der Waals surface area contributed by atoms with Crippen LogP contribution in [0.4, 0.5) is 0 Å². The fourth-order valence-electron chi connectivity index (χ4n) is 2.30. The molecule has 2 aromatic heterocycles. The molecule has 3 rings (SSSR count). The molecule has 0 N–H and O–H groups in total. The molecule has 0 unspecified atom stereocenters. The average molecular weight is 350 g/mol. The molecule has 0 bridgehead atoms. The van der Waals surface area contributed by atoms with Gasteiger partial charge in [0.15, 0.2) is 5.82 Å². The zero-order chi connectivity index (χ0) is 18.9. The Morgan fingerprint density at radius 3 is 2.65 bits per heavy atom. The van der Waals surface area contributed by atoms with E-state index < -0.39 is 0 Å². The highest BCUT2D eigenvalue weighted by Crippen LogP contribution is 2.23. The van der Waals surface area contributed by atoms with E-state index >= 15 is 0 Å². The molecule has 0 saturated heterocycles. The molecule has 6 nitrogen and oxygen atoms in total. The van der Waals surface area contributed by atoms with Gasteiger partial charge < -0.3 is 9.47 Å². The smallest absolute Gasteiger partial charge is 0.218 e. The van der Waals surface area contributed by atoms with Gasteiger partial charge in [-0.15, -0.1) is 0 Å². The highest BCUT2D eigenvalue weighted by molar-refractivity contribution is 5.38. The molecule has 0 radical (unpaired) electrons. The minimum absolute atomic E-state index is 0.340. The van der Waals surface area contributed by atoms with Gasteiger partial charge in [0.25, 0.3) is 0 Å². The normalized spacial score (nSPS) is 9.65. The maximum Gasteiger partial charge on any atom is 0.218 e. The van der Waals surface area contributed by atoms with Crippen molar-refractivity contribution in [2.45, 2.75) is 27.4 Å². The van der Waals surface area contributed by atoms with E-state index in [2.05, 4.69) is 16.2 Å². The van der Waals surface area contributed by atoms with Crippen LogP contribution in [0.3, 0.4) is 0 Å². The van der Waals surface area contributed by atoms with Gasteiger partial charge in [-0.2, -0.15) is 15.0 Å². The number of ether oxygens (including phenoxy) is 2. The number of hydrogen-bond donors (Lipinski definition) is 0. The molecular weight excluding hydrogens is 328 g/mol. The first-order chi connectivity index (χ1) is 12.7. The van der Waals surface area contributed by atoms with Crippen LogP contribution in [0.25, 0.3) is 5.82 Å². The summed E-state index contributed by atoms with van der Waals surface area (Å²) in [6, 6.07) is 13.1. The third-order valence-corrected chi connectivity index (χ3v) is 3.52. The van der Waals surface area contributed by atoms with E-state index in [4.69, 9.17) is 14.7 Å². The van der Waals surface area contributed by atoms with Crippen LogP contribution >= 0.6 is 0 Å². The summed E-state index contributed by atoms with van der Waals surface area (Å²) in [5.74, 6) is 1.86. The fraction of sp³-hybridized carbons (Fsp3) is 0.250. The number of benzene rings is 1. The van der Waals surface area contributed by atoms with Gasteiger partial charge in [-0.1, -0.05) is 26.0 Å². The lowest BCUT2D eigenvalue weighted by Crippen LogP contribution is -2.06. The predicted octanol–water partition coefficient (Wildman–Crippen LogP) is 4.06. The van der Waals surface area contributed by atoms with Crippen molar-refractivity contribution in [1.29, 1.82) is 5.26 Å². The lowest BCUT2D eigenvalue weighted by atomic mass is 10.1. The van der Waals surface area contributed by atoms with E-state index in [-0.39, 0.29) is 0 Å². The second-order valence-electron chi connectivity index (χ2n) is 5.20. The van der Waals surface area contributed by atoms with Gasteiger partial charge in [0, 0.05) is 23.9 Å². The van der Waals surface area contributed by atoms with Crippen molar-refractivity contribution < 1.29 is 9.47 Å². The summed E-state index contributed by atoms with van der Waals surface area (Å²) in [5.41, 5.74) is 2.58.